The van der Waals surface area contributed by atoms with Gasteiger partial charge < -0.3 is 19.9 Å². The van der Waals surface area contributed by atoms with Crippen molar-refractivity contribution in [3.63, 3.8) is 0 Å². The molecular formula is C45H53N3O6S. The first kappa shape index (κ1) is 40.0. The maximum Gasteiger partial charge on any atom is 0.328 e. The van der Waals surface area contributed by atoms with Crippen LogP contribution in [0.25, 0.3) is 0 Å². The van der Waals surface area contributed by atoms with E-state index in [1.165, 1.54) is 7.11 Å². The monoisotopic (exact) mass is 763 g/mol. The number of piperidine rings is 1. The summed E-state index contributed by atoms with van der Waals surface area (Å²) in [4.78, 5) is 73.0. The second kappa shape index (κ2) is 19.8. The van der Waals surface area contributed by atoms with E-state index in [1.807, 2.05) is 97.1 Å². The molecule has 0 radical (unpaired) electrons. The van der Waals surface area contributed by atoms with Crippen molar-refractivity contribution in [1.29, 1.82) is 0 Å². The molecule has 2 fully saturated rings. The highest BCUT2D eigenvalue weighted by Gasteiger charge is 2.44. The highest BCUT2D eigenvalue weighted by Crippen LogP contribution is 2.38. The van der Waals surface area contributed by atoms with Gasteiger partial charge in [0.1, 0.15) is 17.9 Å². The number of hydrogen-bond acceptors (Lipinski definition) is 7. The number of nitrogens with one attached hydrogen (secondary N) is 1. The van der Waals surface area contributed by atoms with Gasteiger partial charge in [-0.1, -0.05) is 91.0 Å². The van der Waals surface area contributed by atoms with Crippen LogP contribution < -0.4 is 10.2 Å². The molecule has 2 saturated heterocycles. The largest absolute Gasteiger partial charge is 0.467 e. The Kier molecular flexibility index (Phi) is 14.4. The van der Waals surface area contributed by atoms with Crippen molar-refractivity contribution in [2.45, 2.75) is 88.1 Å². The molecule has 3 aromatic carbocycles. The second-order valence-corrected chi connectivity index (χ2v) is 16.2. The first-order valence-corrected chi connectivity index (χ1v) is 20.8. The van der Waals surface area contributed by atoms with Gasteiger partial charge in [-0.25, -0.2) is 4.79 Å². The van der Waals surface area contributed by atoms with Crippen molar-refractivity contribution in [3.8, 4) is 0 Å². The van der Waals surface area contributed by atoms with Crippen LogP contribution in [-0.2, 0) is 41.6 Å². The molecule has 10 heteroatoms. The standard InChI is InChI=1S/C45H53N3O6S/c1-54-45(53)39-22-14-23-41-48(39)43(51)36(26-28-55-41)31-40(49)34(29-32-15-6-2-7-16-32)24-25-35(30-33-17-8-3-9-18-33)42(50)46-38-21-12-5-13-27-47(44(38)52)37-19-10-4-11-20-37/h2-11,13,15-20,34-36,38-39,41H,12,14,21-31H2,1H3,(H,46,50)/b13-5-/t34-,35-,36-,38+,39+,41+/m1/s1. The Hall–Kier alpha value is -4.70. The SMILES string of the molecule is COC(=O)[C@@H]1CCC[C@@H]2SCC[C@H](CC(=O)[C@H](CC[C@H](Cc3ccccc3)C(=O)N[C@H]3CC/C=C\CN(c4ccccc4)C3=O)Cc3ccccc3)C(=O)N21. The Morgan fingerprint density at radius 2 is 1.42 bits per heavy atom. The lowest BCUT2D eigenvalue weighted by Gasteiger charge is -2.40. The number of carbonyl (C=O) groups is 5. The second-order valence-electron chi connectivity index (χ2n) is 14.9. The first-order chi connectivity index (χ1) is 26.8. The van der Waals surface area contributed by atoms with E-state index in [2.05, 4.69) is 11.4 Å². The van der Waals surface area contributed by atoms with Gasteiger partial charge in [-0.05, 0) is 93.2 Å². The number of allylic oxidation sites excluding steroid dienone is 1. The Morgan fingerprint density at radius 3 is 2.09 bits per heavy atom. The van der Waals surface area contributed by atoms with Crippen molar-refractivity contribution < 1.29 is 28.7 Å². The van der Waals surface area contributed by atoms with Crippen LogP contribution in [0.2, 0.25) is 0 Å². The molecule has 0 bridgehead atoms. The molecule has 0 unspecified atom stereocenters. The Labute approximate surface area is 329 Å². The molecule has 0 aliphatic carbocycles. The van der Waals surface area contributed by atoms with Crippen LogP contribution in [0.15, 0.2) is 103 Å². The molecule has 6 atom stereocenters. The van der Waals surface area contributed by atoms with Crippen molar-refractivity contribution in [2.24, 2.45) is 17.8 Å². The third kappa shape index (κ3) is 10.5. The van der Waals surface area contributed by atoms with E-state index in [-0.39, 0.29) is 35.3 Å². The molecular weight excluding hydrogens is 711 g/mol. The van der Waals surface area contributed by atoms with E-state index in [1.54, 1.807) is 21.6 Å². The number of thioether (sulfide) groups is 1. The normalized spacial score (nSPS) is 23.3. The Morgan fingerprint density at radius 1 is 0.782 bits per heavy atom. The van der Waals surface area contributed by atoms with Gasteiger partial charge in [0.15, 0.2) is 0 Å². The zero-order valence-electron chi connectivity index (χ0n) is 31.7. The predicted octanol–water partition coefficient (Wildman–Crippen LogP) is 6.94. The van der Waals surface area contributed by atoms with Crippen LogP contribution in [0.1, 0.15) is 68.9 Å². The van der Waals surface area contributed by atoms with Gasteiger partial charge in [0.25, 0.3) is 0 Å². The predicted molar refractivity (Wildman–Crippen MR) is 216 cm³/mol. The minimum atomic E-state index is -0.691. The van der Waals surface area contributed by atoms with Crippen molar-refractivity contribution in [3.05, 3.63) is 114 Å². The number of esters is 1. The Balaban J connectivity index is 1.20. The Bertz CT molecular complexity index is 1790. The van der Waals surface area contributed by atoms with Gasteiger partial charge in [-0.3, -0.25) is 19.2 Å². The van der Waals surface area contributed by atoms with Crippen LogP contribution >= 0.6 is 11.8 Å². The number of rotatable bonds is 14. The fourth-order valence-electron chi connectivity index (χ4n) is 8.20. The summed E-state index contributed by atoms with van der Waals surface area (Å²) in [5, 5.41) is 3.05. The number of ether oxygens (including phenoxy) is 1. The number of amides is 3. The average Bonchev–Trinajstić information content (AvgIpc) is 3.37. The molecule has 9 nitrogen and oxygen atoms in total. The van der Waals surface area contributed by atoms with E-state index < -0.39 is 35.8 Å². The molecule has 3 aliphatic heterocycles. The van der Waals surface area contributed by atoms with Crippen molar-refractivity contribution in [2.75, 3.05) is 24.3 Å². The van der Waals surface area contributed by atoms with E-state index >= 15 is 0 Å². The number of benzene rings is 3. The van der Waals surface area contributed by atoms with E-state index in [0.717, 1.165) is 35.4 Å². The maximum atomic E-state index is 14.4. The molecule has 3 heterocycles. The quantitative estimate of drug-likeness (QED) is 0.140. The molecule has 3 amide bonds. The summed E-state index contributed by atoms with van der Waals surface area (Å²) in [6.45, 7) is 0.426. The molecule has 6 rings (SSSR count). The highest BCUT2D eigenvalue weighted by atomic mass is 32.2. The van der Waals surface area contributed by atoms with Crippen molar-refractivity contribution in [1.82, 2.24) is 10.2 Å². The zero-order valence-corrected chi connectivity index (χ0v) is 32.5. The molecule has 55 heavy (non-hydrogen) atoms. The molecule has 290 valence electrons. The van der Waals surface area contributed by atoms with E-state index in [9.17, 15) is 24.0 Å². The third-order valence-electron chi connectivity index (χ3n) is 11.2. The number of methoxy groups -OCH3 is 1. The molecule has 0 aromatic heterocycles. The van der Waals surface area contributed by atoms with Crippen molar-refractivity contribution >= 4 is 46.9 Å². The fraction of sp³-hybridized carbons (Fsp3) is 0.444. The lowest BCUT2D eigenvalue weighted by molar-refractivity contribution is -0.157. The summed E-state index contributed by atoms with van der Waals surface area (Å²) in [6, 6.07) is 27.9. The maximum absolute atomic E-state index is 14.4. The number of carbonyl (C=O) groups excluding carboxylic acids is 5. The molecule has 3 aliphatic rings. The number of Topliss-reactive ketones (excluding diaryl/α,β-unsaturated/α-hetero) is 1. The first-order valence-electron chi connectivity index (χ1n) is 19.8. The summed E-state index contributed by atoms with van der Waals surface area (Å²) in [5.74, 6) is -1.59. The van der Waals surface area contributed by atoms with Crippen LogP contribution in [0.5, 0.6) is 0 Å². The van der Waals surface area contributed by atoms with Gasteiger partial charge in [0.2, 0.25) is 17.7 Å². The van der Waals surface area contributed by atoms with Gasteiger partial charge in [0.05, 0.1) is 12.5 Å². The number of anilines is 1. The highest BCUT2D eigenvalue weighted by molar-refractivity contribution is 7.99. The minimum Gasteiger partial charge on any atom is -0.467 e. The van der Waals surface area contributed by atoms with Crippen LogP contribution in [-0.4, -0.2) is 71.2 Å². The number of nitrogens with zero attached hydrogens (tertiary/aromatic N) is 2. The number of ketones is 1. The van der Waals surface area contributed by atoms with Gasteiger partial charge in [0, 0.05) is 36.4 Å². The van der Waals surface area contributed by atoms with E-state index in [4.69, 9.17) is 4.74 Å². The van der Waals surface area contributed by atoms with Gasteiger partial charge in [-0.2, -0.15) is 0 Å². The fourth-order valence-corrected chi connectivity index (χ4v) is 9.64. The third-order valence-corrected chi connectivity index (χ3v) is 12.6. The lowest BCUT2D eigenvalue weighted by Crippen LogP contribution is -2.53. The van der Waals surface area contributed by atoms with Crippen LogP contribution in [0.3, 0.4) is 0 Å². The smallest absolute Gasteiger partial charge is 0.328 e. The summed E-state index contributed by atoms with van der Waals surface area (Å²) < 4.78 is 5.09. The summed E-state index contributed by atoms with van der Waals surface area (Å²) in [7, 11) is 1.36. The number of hydrogen-bond donors (Lipinski definition) is 1. The summed E-state index contributed by atoms with van der Waals surface area (Å²) in [6.07, 6.45) is 9.93. The van der Waals surface area contributed by atoms with E-state index in [0.29, 0.717) is 57.9 Å². The minimum absolute atomic E-state index is 0.00311. The number of fused-ring (bicyclic) bond motifs is 1. The zero-order chi connectivity index (χ0) is 38.6. The summed E-state index contributed by atoms with van der Waals surface area (Å²) in [5.41, 5.74) is 2.80. The van der Waals surface area contributed by atoms with Crippen LogP contribution in [0.4, 0.5) is 5.69 Å². The molecule has 1 N–H and O–H groups in total. The molecule has 3 aromatic rings. The summed E-state index contributed by atoms with van der Waals surface area (Å²) >= 11 is 1.69. The average molecular weight is 764 g/mol. The van der Waals surface area contributed by atoms with Crippen LogP contribution in [0, 0.1) is 17.8 Å². The lowest BCUT2D eigenvalue weighted by atomic mass is 9.82. The molecule has 0 saturated carbocycles. The van der Waals surface area contributed by atoms with Gasteiger partial charge >= 0.3 is 5.97 Å². The van der Waals surface area contributed by atoms with Gasteiger partial charge in [-0.15, -0.1) is 11.8 Å². The number of para-hydroxylation sites is 1. The molecule has 0 spiro atoms. The topological polar surface area (TPSA) is 113 Å².